The van der Waals surface area contributed by atoms with Gasteiger partial charge in [-0.25, -0.2) is 0 Å². The van der Waals surface area contributed by atoms with E-state index in [-0.39, 0.29) is 5.78 Å². The third kappa shape index (κ3) is 4.88. The van der Waals surface area contributed by atoms with Crippen LogP contribution in [-0.2, 0) is 13.1 Å². The maximum atomic E-state index is 12.9. The molecule has 3 rings (SSSR count). The van der Waals surface area contributed by atoms with Crippen molar-refractivity contribution in [1.29, 1.82) is 0 Å². The molecule has 2 aromatic rings. The highest BCUT2D eigenvalue weighted by Crippen LogP contribution is 2.40. The Kier molecular flexibility index (Phi) is 7.62. The molecule has 0 atom stereocenters. The van der Waals surface area contributed by atoms with Crippen LogP contribution in [0.3, 0.4) is 0 Å². The van der Waals surface area contributed by atoms with Gasteiger partial charge in [0.15, 0.2) is 17.3 Å². The summed E-state index contributed by atoms with van der Waals surface area (Å²) >= 11 is 0. The topological polar surface area (TPSA) is 56.2 Å². The molecule has 31 heavy (non-hydrogen) atoms. The highest BCUT2D eigenvalue weighted by Gasteiger charge is 2.24. The fourth-order valence-corrected chi connectivity index (χ4v) is 4.49. The number of benzene rings is 1. The number of aromatic nitrogens is 1. The molecular formula is C24H35N3O4. The minimum absolute atomic E-state index is 0.211. The number of Topliss-reactive ketones (excluding diaryl/α,β-unsaturated/α-hetero) is 1. The van der Waals surface area contributed by atoms with E-state index in [0.717, 1.165) is 61.8 Å². The molecule has 0 radical (unpaired) electrons. The summed E-state index contributed by atoms with van der Waals surface area (Å²) in [5, 5.41) is 0. The predicted octanol–water partition coefficient (Wildman–Crippen LogP) is 3.15. The van der Waals surface area contributed by atoms with E-state index < -0.39 is 0 Å². The first-order valence-electron chi connectivity index (χ1n) is 10.9. The molecule has 170 valence electrons. The van der Waals surface area contributed by atoms with Gasteiger partial charge >= 0.3 is 0 Å². The minimum atomic E-state index is 0.211. The summed E-state index contributed by atoms with van der Waals surface area (Å²) in [6, 6.07) is 5.97. The molecule has 1 aliphatic heterocycles. The van der Waals surface area contributed by atoms with E-state index >= 15 is 0 Å². The number of methoxy groups -OCH3 is 3. The molecule has 7 nitrogen and oxygen atoms in total. The Bertz CT molecular complexity index is 914. The first-order chi connectivity index (χ1) is 14.9. The smallest absolute Gasteiger partial charge is 0.203 e. The van der Waals surface area contributed by atoms with Crippen molar-refractivity contribution in [3.05, 3.63) is 40.7 Å². The summed E-state index contributed by atoms with van der Waals surface area (Å²) in [6.07, 6.45) is 0. The van der Waals surface area contributed by atoms with Crippen LogP contribution in [0.4, 0.5) is 0 Å². The number of rotatable bonds is 9. The van der Waals surface area contributed by atoms with Crippen LogP contribution in [0.15, 0.2) is 18.2 Å². The van der Waals surface area contributed by atoms with Crippen LogP contribution in [0.2, 0.25) is 0 Å². The Labute approximate surface area is 185 Å². The molecule has 0 unspecified atom stereocenters. The van der Waals surface area contributed by atoms with E-state index in [2.05, 4.69) is 28.2 Å². The van der Waals surface area contributed by atoms with Crippen molar-refractivity contribution in [2.24, 2.45) is 0 Å². The summed E-state index contributed by atoms with van der Waals surface area (Å²) in [4.78, 5) is 17.5. The van der Waals surface area contributed by atoms with Gasteiger partial charge in [-0.3, -0.25) is 14.6 Å². The Morgan fingerprint density at radius 1 is 0.935 bits per heavy atom. The molecule has 0 N–H and O–H groups in total. The van der Waals surface area contributed by atoms with Gasteiger partial charge in [0.05, 0.1) is 27.9 Å². The van der Waals surface area contributed by atoms with E-state index in [9.17, 15) is 4.79 Å². The Morgan fingerprint density at radius 2 is 1.58 bits per heavy atom. The van der Waals surface area contributed by atoms with E-state index in [1.54, 1.807) is 21.3 Å². The molecule has 2 heterocycles. The summed E-state index contributed by atoms with van der Waals surface area (Å²) in [7, 11) is 4.90. The third-order valence-corrected chi connectivity index (χ3v) is 6.20. The quantitative estimate of drug-likeness (QED) is 0.571. The molecule has 1 aliphatic rings. The first kappa shape index (κ1) is 23.2. The Balaban J connectivity index is 1.60. The van der Waals surface area contributed by atoms with E-state index in [0.29, 0.717) is 23.8 Å². The van der Waals surface area contributed by atoms with Crippen molar-refractivity contribution in [2.75, 3.05) is 54.1 Å². The second kappa shape index (κ2) is 10.2. The fourth-order valence-electron chi connectivity index (χ4n) is 4.49. The zero-order chi connectivity index (χ0) is 22.5. The largest absolute Gasteiger partial charge is 0.493 e. The summed E-state index contributed by atoms with van der Waals surface area (Å²) in [5.41, 5.74) is 4.15. The molecule has 0 saturated carbocycles. The van der Waals surface area contributed by atoms with Crippen LogP contribution in [0.25, 0.3) is 0 Å². The molecule has 1 saturated heterocycles. The number of piperazine rings is 1. The third-order valence-electron chi connectivity index (χ3n) is 6.20. The molecule has 0 spiro atoms. The average Bonchev–Trinajstić information content (AvgIpc) is 3.07. The van der Waals surface area contributed by atoms with Gasteiger partial charge in [0.1, 0.15) is 0 Å². The number of carbonyl (C=O) groups is 1. The number of ketones is 1. The highest BCUT2D eigenvalue weighted by molar-refractivity contribution is 5.99. The van der Waals surface area contributed by atoms with Crippen LogP contribution in [0.5, 0.6) is 17.2 Å². The number of hydrogen-bond donors (Lipinski definition) is 0. The normalized spacial score (nSPS) is 15.2. The lowest BCUT2D eigenvalue weighted by molar-refractivity contribution is 0.0842. The number of carbonyl (C=O) groups excluding carboxylic acids is 1. The van der Waals surface area contributed by atoms with Crippen molar-refractivity contribution in [1.82, 2.24) is 14.4 Å². The predicted molar refractivity (Wildman–Crippen MR) is 122 cm³/mol. The Morgan fingerprint density at radius 3 is 2.13 bits per heavy atom. The minimum Gasteiger partial charge on any atom is -0.493 e. The second-order valence-corrected chi connectivity index (χ2v) is 8.00. The fraction of sp³-hybridized carbons (Fsp3) is 0.542. The highest BCUT2D eigenvalue weighted by atomic mass is 16.5. The van der Waals surface area contributed by atoms with Crippen molar-refractivity contribution >= 4 is 5.78 Å². The van der Waals surface area contributed by atoms with Gasteiger partial charge in [0.25, 0.3) is 0 Å². The molecule has 7 heteroatoms. The number of aryl methyl sites for hydroxylation is 1. The maximum absolute atomic E-state index is 12.9. The number of hydrogen-bond acceptors (Lipinski definition) is 6. The zero-order valence-corrected chi connectivity index (χ0v) is 19.7. The van der Waals surface area contributed by atoms with Crippen LogP contribution < -0.4 is 14.2 Å². The lowest BCUT2D eigenvalue weighted by Gasteiger charge is -2.34. The molecule has 0 aliphatic carbocycles. The van der Waals surface area contributed by atoms with Crippen molar-refractivity contribution < 1.29 is 19.0 Å². The van der Waals surface area contributed by atoms with Crippen molar-refractivity contribution in [2.45, 2.75) is 33.9 Å². The monoisotopic (exact) mass is 429 g/mol. The summed E-state index contributed by atoms with van der Waals surface area (Å²) in [5.74, 6) is 2.21. The summed E-state index contributed by atoms with van der Waals surface area (Å²) < 4.78 is 18.7. The van der Waals surface area contributed by atoms with Gasteiger partial charge in [-0.2, -0.15) is 0 Å². The van der Waals surface area contributed by atoms with Gasteiger partial charge in [0, 0.05) is 61.8 Å². The molecular weight excluding hydrogens is 394 g/mol. The zero-order valence-electron chi connectivity index (χ0n) is 19.7. The van der Waals surface area contributed by atoms with Crippen molar-refractivity contribution in [3.8, 4) is 17.2 Å². The number of nitrogens with zero attached hydrogens (tertiary/aromatic N) is 3. The van der Waals surface area contributed by atoms with Gasteiger partial charge in [-0.05, 0) is 32.9 Å². The molecule has 0 bridgehead atoms. The molecule has 1 fully saturated rings. The van der Waals surface area contributed by atoms with Crippen LogP contribution >= 0.6 is 0 Å². The van der Waals surface area contributed by atoms with Crippen LogP contribution in [-0.4, -0.2) is 74.2 Å². The van der Waals surface area contributed by atoms with Gasteiger partial charge < -0.3 is 18.8 Å². The average molecular weight is 430 g/mol. The molecule has 0 amide bonds. The first-order valence-corrected chi connectivity index (χ1v) is 10.9. The lowest BCUT2D eigenvalue weighted by atomic mass is 10.1. The van der Waals surface area contributed by atoms with E-state index in [1.807, 2.05) is 25.1 Å². The molecule has 1 aromatic carbocycles. The van der Waals surface area contributed by atoms with Crippen LogP contribution in [0.1, 0.15) is 34.2 Å². The second-order valence-electron chi connectivity index (χ2n) is 8.00. The standard InChI is InChI=1S/C24H35N3O4/c1-7-27-17(2)14-20(18(27)3)21(28)16-26-12-10-25(11-13-26)15-19-8-9-22(29-4)24(31-6)23(19)30-5/h8-9,14H,7,10-13,15-16H2,1-6H3. The SMILES string of the molecule is CCn1c(C)cc(C(=O)CN2CCN(Cc3ccc(OC)c(OC)c3OC)CC2)c1C. The van der Waals surface area contributed by atoms with Gasteiger partial charge in [-0.1, -0.05) is 6.07 Å². The lowest BCUT2D eigenvalue weighted by Crippen LogP contribution is -2.47. The van der Waals surface area contributed by atoms with E-state index in [1.165, 1.54) is 0 Å². The van der Waals surface area contributed by atoms with E-state index in [4.69, 9.17) is 14.2 Å². The number of ether oxygens (including phenoxy) is 3. The van der Waals surface area contributed by atoms with Gasteiger partial charge in [-0.15, -0.1) is 0 Å². The van der Waals surface area contributed by atoms with Crippen molar-refractivity contribution in [3.63, 3.8) is 0 Å². The summed E-state index contributed by atoms with van der Waals surface area (Å²) in [6.45, 7) is 11.9. The molecule has 1 aromatic heterocycles. The van der Waals surface area contributed by atoms with Gasteiger partial charge in [0.2, 0.25) is 5.75 Å². The Hall–Kier alpha value is -2.51. The maximum Gasteiger partial charge on any atom is 0.203 e. The van der Waals surface area contributed by atoms with Crippen LogP contribution in [0, 0.1) is 13.8 Å².